The Bertz CT molecular complexity index is 406. The summed E-state index contributed by atoms with van der Waals surface area (Å²) in [7, 11) is 0. The Hall–Kier alpha value is -1.22. The van der Waals surface area contributed by atoms with Crippen molar-refractivity contribution >= 4 is 12.6 Å². The van der Waals surface area contributed by atoms with Crippen molar-refractivity contribution in [1.82, 2.24) is 9.55 Å². The molecule has 0 fully saturated rings. The van der Waals surface area contributed by atoms with Crippen molar-refractivity contribution in [3.05, 3.63) is 48.5 Å². The van der Waals surface area contributed by atoms with Crippen LogP contribution in [-0.4, -0.2) is 9.55 Å². The van der Waals surface area contributed by atoms with E-state index in [0.717, 1.165) is 5.69 Å². The predicted molar refractivity (Wildman–Crippen MR) is 61.0 cm³/mol. The van der Waals surface area contributed by atoms with E-state index in [2.05, 4.69) is 35.2 Å². The van der Waals surface area contributed by atoms with Crippen LogP contribution in [0.1, 0.15) is 17.9 Å². The van der Waals surface area contributed by atoms with Crippen LogP contribution < -0.4 is 0 Å². The molecule has 0 bridgehead atoms. The number of aromatic nitrogens is 2. The van der Waals surface area contributed by atoms with Gasteiger partial charge >= 0.3 is 0 Å². The van der Waals surface area contributed by atoms with Crippen LogP contribution in [0.3, 0.4) is 0 Å². The van der Waals surface area contributed by atoms with Crippen LogP contribution in [0, 0.1) is 0 Å². The minimum absolute atomic E-state index is 0.227. The quantitative estimate of drug-likeness (QED) is 0.745. The largest absolute Gasteiger partial charge is 0.318 e. The highest BCUT2D eigenvalue weighted by Crippen LogP contribution is 2.22. The lowest BCUT2D eigenvalue weighted by molar-refractivity contribution is 0.919. The van der Waals surface area contributed by atoms with Crippen LogP contribution in [0.5, 0.6) is 0 Å². The van der Waals surface area contributed by atoms with Gasteiger partial charge in [-0.05, 0) is 31.2 Å². The highest BCUT2D eigenvalue weighted by Gasteiger charge is 2.06. The summed E-state index contributed by atoms with van der Waals surface area (Å²) >= 11 is 4.43. The summed E-state index contributed by atoms with van der Waals surface area (Å²) in [5.74, 6) is 0. The van der Waals surface area contributed by atoms with Crippen LogP contribution in [-0.2, 0) is 0 Å². The van der Waals surface area contributed by atoms with Crippen molar-refractivity contribution in [2.45, 2.75) is 12.2 Å². The molecule has 2 rings (SSSR count). The first-order valence-electron chi connectivity index (χ1n) is 4.55. The van der Waals surface area contributed by atoms with E-state index in [1.54, 1.807) is 6.20 Å². The molecular weight excluding hydrogens is 192 g/mol. The molecule has 0 saturated heterocycles. The zero-order valence-corrected chi connectivity index (χ0v) is 8.85. The van der Waals surface area contributed by atoms with Crippen molar-refractivity contribution in [3.8, 4) is 5.69 Å². The standard InChI is InChI=1S/C11H12N2S/c1-9(14)11-5-3-7-13(11)10-4-2-6-12-8-10/h2-9,14H,1H3. The molecule has 72 valence electrons. The fourth-order valence-corrected chi connectivity index (χ4v) is 1.68. The summed E-state index contributed by atoms with van der Waals surface area (Å²) in [5, 5.41) is 0.227. The third-order valence-corrected chi connectivity index (χ3v) is 2.40. The van der Waals surface area contributed by atoms with Crippen molar-refractivity contribution < 1.29 is 0 Å². The van der Waals surface area contributed by atoms with Crippen molar-refractivity contribution in [1.29, 1.82) is 0 Å². The van der Waals surface area contributed by atoms with Gasteiger partial charge in [-0.25, -0.2) is 0 Å². The maximum absolute atomic E-state index is 4.43. The number of rotatable bonds is 2. The number of thiol groups is 1. The SMILES string of the molecule is CC(S)c1cccn1-c1cccnc1. The number of pyridine rings is 1. The molecule has 0 spiro atoms. The molecule has 14 heavy (non-hydrogen) atoms. The van der Waals surface area contributed by atoms with Crippen LogP contribution in [0.25, 0.3) is 5.69 Å². The van der Waals surface area contributed by atoms with Gasteiger partial charge in [0.25, 0.3) is 0 Å². The lowest BCUT2D eigenvalue weighted by Crippen LogP contribution is -1.99. The maximum atomic E-state index is 4.43. The summed E-state index contributed by atoms with van der Waals surface area (Å²) in [6, 6.07) is 8.06. The Morgan fingerprint density at radius 1 is 1.36 bits per heavy atom. The molecule has 0 N–H and O–H groups in total. The fourth-order valence-electron chi connectivity index (χ4n) is 1.47. The molecule has 2 aromatic heterocycles. The monoisotopic (exact) mass is 204 g/mol. The average molecular weight is 204 g/mol. The van der Waals surface area contributed by atoms with Crippen LogP contribution in [0.4, 0.5) is 0 Å². The zero-order chi connectivity index (χ0) is 9.97. The van der Waals surface area contributed by atoms with Gasteiger partial charge in [-0.3, -0.25) is 4.98 Å². The molecule has 0 aromatic carbocycles. The minimum Gasteiger partial charge on any atom is -0.318 e. The smallest absolute Gasteiger partial charge is 0.0636 e. The Morgan fingerprint density at radius 2 is 2.21 bits per heavy atom. The molecule has 0 radical (unpaired) electrons. The number of nitrogens with zero attached hydrogens (tertiary/aromatic N) is 2. The molecule has 2 heterocycles. The fraction of sp³-hybridized carbons (Fsp3) is 0.182. The van der Waals surface area contributed by atoms with Gasteiger partial charge in [0, 0.05) is 23.3 Å². The van der Waals surface area contributed by atoms with E-state index in [-0.39, 0.29) is 5.25 Å². The molecule has 0 aliphatic rings. The lowest BCUT2D eigenvalue weighted by atomic mass is 10.3. The van der Waals surface area contributed by atoms with Crippen molar-refractivity contribution in [2.75, 3.05) is 0 Å². The van der Waals surface area contributed by atoms with Crippen molar-refractivity contribution in [3.63, 3.8) is 0 Å². The second kappa shape index (κ2) is 3.88. The second-order valence-corrected chi connectivity index (χ2v) is 3.96. The second-order valence-electron chi connectivity index (χ2n) is 3.19. The Kier molecular flexibility index (Phi) is 2.59. The van der Waals surface area contributed by atoms with Gasteiger partial charge in [0.1, 0.15) is 0 Å². The predicted octanol–water partition coefficient (Wildman–Crippen LogP) is 2.86. The molecule has 0 saturated carbocycles. The summed E-state index contributed by atoms with van der Waals surface area (Å²) < 4.78 is 2.10. The van der Waals surface area contributed by atoms with E-state index in [9.17, 15) is 0 Å². The van der Waals surface area contributed by atoms with E-state index >= 15 is 0 Å². The third-order valence-electron chi connectivity index (χ3n) is 2.13. The van der Waals surface area contributed by atoms with Gasteiger partial charge < -0.3 is 4.57 Å². The summed E-state index contributed by atoms with van der Waals surface area (Å²) in [5.41, 5.74) is 2.26. The normalized spacial score (nSPS) is 12.7. The summed E-state index contributed by atoms with van der Waals surface area (Å²) in [6.45, 7) is 2.06. The van der Waals surface area contributed by atoms with Crippen LogP contribution in [0.15, 0.2) is 42.9 Å². The van der Waals surface area contributed by atoms with Gasteiger partial charge in [0.2, 0.25) is 0 Å². The summed E-state index contributed by atoms with van der Waals surface area (Å²) in [4.78, 5) is 4.10. The van der Waals surface area contributed by atoms with E-state index in [0.29, 0.717) is 0 Å². The van der Waals surface area contributed by atoms with E-state index in [4.69, 9.17) is 0 Å². The Labute approximate surface area is 89.0 Å². The molecule has 1 atom stereocenters. The molecule has 0 aliphatic carbocycles. The molecule has 0 aliphatic heterocycles. The Morgan fingerprint density at radius 3 is 2.86 bits per heavy atom. The molecule has 0 amide bonds. The molecule has 2 nitrogen and oxygen atoms in total. The van der Waals surface area contributed by atoms with Crippen LogP contribution in [0.2, 0.25) is 0 Å². The van der Waals surface area contributed by atoms with E-state index in [1.807, 2.05) is 30.6 Å². The third kappa shape index (κ3) is 1.68. The zero-order valence-electron chi connectivity index (χ0n) is 7.96. The molecule has 1 unspecified atom stereocenters. The first kappa shape index (κ1) is 9.34. The number of hydrogen-bond acceptors (Lipinski definition) is 2. The van der Waals surface area contributed by atoms with E-state index in [1.165, 1.54) is 5.69 Å². The van der Waals surface area contributed by atoms with Gasteiger partial charge in [-0.2, -0.15) is 12.6 Å². The Balaban J connectivity index is 2.47. The van der Waals surface area contributed by atoms with Gasteiger partial charge in [0.15, 0.2) is 0 Å². The van der Waals surface area contributed by atoms with Crippen LogP contribution >= 0.6 is 12.6 Å². The van der Waals surface area contributed by atoms with Crippen molar-refractivity contribution in [2.24, 2.45) is 0 Å². The molecule has 3 heteroatoms. The molecule has 2 aromatic rings. The number of hydrogen-bond donors (Lipinski definition) is 1. The van der Waals surface area contributed by atoms with Gasteiger partial charge in [0.05, 0.1) is 11.9 Å². The molecular formula is C11H12N2S. The highest BCUT2D eigenvalue weighted by molar-refractivity contribution is 7.80. The first-order valence-corrected chi connectivity index (χ1v) is 5.06. The average Bonchev–Trinajstić information content (AvgIpc) is 2.67. The summed E-state index contributed by atoms with van der Waals surface area (Å²) in [6.07, 6.45) is 5.65. The lowest BCUT2D eigenvalue weighted by Gasteiger charge is -2.10. The minimum atomic E-state index is 0.227. The first-order chi connectivity index (χ1) is 6.79. The topological polar surface area (TPSA) is 17.8 Å². The maximum Gasteiger partial charge on any atom is 0.0636 e. The highest BCUT2D eigenvalue weighted by atomic mass is 32.1. The van der Waals surface area contributed by atoms with Gasteiger partial charge in [-0.1, -0.05) is 0 Å². The van der Waals surface area contributed by atoms with Gasteiger partial charge in [-0.15, -0.1) is 0 Å². The van der Waals surface area contributed by atoms with E-state index < -0.39 is 0 Å².